The van der Waals surface area contributed by atoms with Gasteiger partial charge in [0.25, 0.3) is 5.56 Å². The lowest BCUT2D eigenvalue weighted by Crippen LogP contribution is -2.27. The summed E-state index contributed by atoms with van der Waals surface area (Å²) in [7, 11) is 0. The quantitative estimate of drug-likeness (QED) is 0.885. The Morgan fingerprint density at radius 1 is 1.39 bits per heavy atom. The summed E-state index contributed by atoms with van der Waals surface area (Å²) < 4.78 is 6.89. The van der Waals surface area contributed by atoms with E-state index in [1.165, 1.54) is 10.6 Å². The van der Waals surface area contributed by atoms with Gasteiger partial charge in [-0.05, 0) is 33.8 Å². The van der Waals surface area contributed by atoms with Crippen LogP contribution < -0.4 is 10.9 Å². The van der Waals surface area contributed by atoms with Crippen molar-refractivity contribution in [3.05, 3.63) is 28.7 Å². The van der Waals surface area contributed by atoms with Crippen molar-refractivity contribution in [2.75, 3.05) is 11.9 Å². The van der Waals surface area contributed by atoms with Crippen molar-refractivity contribution in [3.8, 4) is 0 Å². The highest BCUT2D eigenvalue weighted by atomic mass is 16.5. The van der Waals surface area contributed by atoms with Crippen LogP contribution in [0, 0.1) is 0 Å². The first-order valence-electron chi connectivity index (χ1n) is 5.96. The van der Waals surface area contributed by atoms with Crippen molar-refractivity contribution in [1.82, 2.24) is 4.57 Å². The number of nitrogens with zero attached hydrogens (tertiary/aromatic N) is 1. The number of amides is 1. The zero-order valence-corrected chi connectivity index (χ0v) is 11.3. The Hall–Kier alpha value is -1.62. The zero-order valence-electron chi connectivity index (χ0n) is 11.3. The molecular formula is C13H20N2O3. The number of nitrogens with one attached hydrogen (secondary N) is 1. The molecule has 1 amide bonds. The van der Waals surface area contributed by atoms with E-state index in [-0.39, 0.29) is 23.7 Å². The maximum absolute atomic E-state index is 11.6. The second-order valence-electron chi connectivity index (χ2n) is 4.99. The van der Waals surface area contributed by atoms with Gasteiger partial charge in [0.1, 0.15) is 6.61 Å². The molecule has 0 radical (unpaired) electrons. The molecule has 1 aromatic rings. The molecule has 1 N–H and O–H groups in total. The van der Waals surface area contributed by atoms with Gasteiger partial charge in [0.2, 0.25) is 5.91 Å². The highest BCUT2D eigenvalue weighted by Crippen LogP contribution is 2.07. The Bertz CT molecular complexity index is 472. The minimum absolute atomic E-state index is 0.00521. The number of hydrogen-bond acceptors (Lipinski definition) is 3. The van der Waals surface area contributed by atoms with Gasteiger partial charge >= 0.3 is 0 Å². The third-order valence-electron chi connectivity index (χ3n) is 2.24. The molecule has 0 saturated heterocycles. The summed E-state index contributed by atoms with van der Waals surface area (Å²) in [6.07, 6.45) is 1.62. The van der Waals surface area contributed by atoms with Gasteiger partial charge in [0, 0.05) is 18.8 Å². The first kappa shape index (κ1) is 14.4. The monoisotopic (exact) mass is 252 g/mol. The predicted octanol–water partition coefficient (Wildman–Crippen LogP) is 1.62. The maximum Gasteiger partial charge on any atom is 0.250 e. The van der Waals surface area contributed by atoms with Crippen molar-refractivity contribution < 1.29 is 9.53 Å². The van der Waals surface area contributed by atoms with E-state index in [1.807, 2.05) is 27.7 Å². The molecule has 0 bridgehead atoms. The van der Waals surface area contributed by atoms with E-state index in [1.54, 1.807) is 12.3 Å². The third kappa shape index (κ3) is 4.71. The van der Waals surface area contributed by atoms with Crippen LogP contribution in [0.5, 0.6) is 0 Å². The fraction of sp³-hybridized carbons (Fsp3) is 0.538. The minimum Gasteiger partial charge on any atom is -0.366 e. The van der Waals surface area contributed by atoms with Crippen LogP contribution in [-0.2, 0) is 16.1 Å². The SMILES string of the molecule is CCn1cc(NC(=O)COC(C)(C)C)ccc1=O. The second-order valence-corrected chi connectivity index (χ2v) is 4.99. The summed E-state index contributed by atoms with van der Waals surface area (Å²) in [6.45, 7) is 8.10. The molecule has 5 nitrogen and oxygen atoms in total. The zero-order chi connectivity index (χ0) is 13.8. The van der Waals surface area contributed by atoms with Crippen molar-refractivity contribution in [2.45, 2.75) is 39.8 Å². The molecule has 0 aliphatic rings. The molecule has 1 heterocycles. The number of aryl methyl sites for hydroxylation is 1. The summed E-state index contributed by atoms with van der Waals surface area (Å²) in [5.74, 6) is -0.230. The third-order valence-corrected chi connectivity index (χ3v) is 2.24. The van der Waals surface area contributed by atoms with E-state index in [0.717, 1.165) is 0 Å². The fourth-order valence-electron chi connectivity index (χ4n) is 1.33. The fourth-order valence-corrected chi connectivity index (χ4v) is 1.33. The number of carbonyl (C=O) groups is 1. The molecule has 0 spiro atoms. The number of pyridine rings is 1. The molecule has 1 aromatic heterocycles. The normalized spacial score (nSPS) is 11.3. The average molecular weight is 252 g/mol. The van der Waals surface area contributed by atoms with Gasteiger partial charge in [0.15, 0.2) is 0 Å². The summed E-state index contributed by atoms with van der Waals surface area (Å²) in [5, 5.41) is 2.69. The molecule has 0 aromatic carbocycles. The van der Waals surface area contributed by atoms with E-state index in [2.05, 4.69) is 5.32 Å². The lowest BCUT2D eigenvalue weighted by molar-refractivity contribution is -0.125. The van der Waals surface area contributed by atoms with Crippen LogP contribution >= 0.6 is 0 Å². The van der Waals surface area contributed by atoms with Crippen molar-refractivity contribution >= 4 is 11.6 Å². The topological polar surface area (TPSA) is 60.3 Å². The number of anilines is 1. The summed E-state index contributed by atoms with van der Waals surface area (Å²) in [4.78, 5) is 23.0. The van der Waals surface area contributed by atoms with Crippen LogP contribution in [-0.4, -0.2) is 22.7 Å². The molecular weight excluding hydrogens is 232 g/mol. The molecule has 100 valence electrons. The van der Waals surface area contributed by atoms with Gasteiger partial charge in [-0.1, -0.05) is 0 Å². The Morgan fingerprint density at radius 3 is 2.61 bits per heavy atom. The molecule has 18 heavy (non-hydrogen) atoms. The van der Waals surface area contributed by atoms with E-state index in [0.29, 0.717) is 12.2 Å². The van der Waals surface area contributed by atoms with E-state index < -0.39 is 0 Å². The Balaban J connectivity index is 2.62. The smallest absolute Gasteiger partial charge is 0.250 e. The largest absolute Gasteiger partial charge is 0.366 e. The summed E-state index contributed by atoms with van der Waals surface area (Å²) >= 11 is 0. The number of ether oxygens (including phenoxy) is 1. The molecule has 0 fully saturated rings. The van der Waals surface area contributed by atoms with Crippen LogP contribution in [0.3, 0.4) is 0 Å². The number of aromatic nitrogens is 1. The average Bonchev–Trinajstić information content (AvgIpc) is 2.28. The summed E-state index contributed by atoms with van der Waals surface area (Å²) in [5.41, 5.74) is 0.167. The Labute approximate surface area is 107 Å². The molecule has 0 unspecified atom stereocenters. The van der Waals surface area contributed by atoms with Gasteiger partial charge in [-0.3, -0.25) is 9.59 Å². The van der Waals surface area contributed by atoms with Crippen LogP contribution in [0.15, 0.2) is 23.1 Å². The van der Waals surface area contributed by atoms with Crippen LogP contribution in [0.4, 0.5) is 5.69 Å². The van der Waals surface area contributed by atoms with Crippen LogP contribution in [0.25, 0.3) is 0 Å². The van der Waals surface area contributed by atoms with Crippen LogP contribution in [0.1, 0.15) is 27.7 Å². The van der Waals surface area contributed by atoms with Gasteiger partial charge in [0.05, 0.1) is 11.3 Å². The van der Waals surface area contributed by atoms with Crippen molar-refractivity contribution in [3.63, 3.8) is 0 Å². The maximum atomic E-state index is 11.6. The standard InChI is InChI=1S/C13H20N2O3/c1-5-15-8-10(6-7-12(15)17)14-11(16)9-18-13(2,3)4/h6-8H,5,9H2,1-4H3,(H,14,16). The summed E-state index contributed by atoms with van der Waals surface area (Å²) in [6, 6.07) is 3.02. The lowest BCUT2D eigenvalue weighted by Gasteiger charge is -2.19. The number of hydrogen-bond donors (Lipinski definition) is 1. The molecule has 1 rings (SSSR count). The predicted molar refractivity (Wildman–Crippen MR) is 70.7 cm³/mol. The van der Waals surface area contributed by atoms with Gasteiger partial charge < -0.3 is 14.6 Å². The molecule has 0 aliphatic carbocycles. The molecule has 5 heteroatoms. The van der Waals surface area contributed by atoms with E-state index in [9.17, 15) is 9.59 Å². The van der Waals surface area contributed by atoms with Crippen LogP contribution in [0.2, 0.25) is 0 Å². The molecule has 0 atom stereocenters. The number of carbonyl (C=O) groups excluding carboxylic acids is 1. The number of rotatable bonds is 4. The van der Waals surface area contributed by atoms with Crippen molar-refractivity contribution in [1.29, 1.82) is 0 Å². The van der Waals surface area contributed by atoms with Gasteiger partial charge in [-0.2, -0.15) is 0 Å². The highest BCUT2D eigenvalue weighted by molar-refractivity contribution is 5.91. The molecule has 0 saturated carbocycles. The first-order chi connectivity index (χ1) is 8.31. The van der Waals surface area contributed by atoms with Gasteiger partial charge in [-0.15, -0.1) is 0 Å². The lowest BCUT2D eigenvalue weighted by atomic mass is 10.2. The van der Waals surface area contributed by atoms with E-state index >= 15 is 0 Å². The van der Waals surface area contributed by atoms with Crippen molar-refractivity contribution in [2.24, 2.45) is 0 Å². The second kappa shape index (κ2) is 5.82. The highest BCUT2D eigenvalue weighted by Gasteiger charge is 2.13. The Morgan fingerprint density at radius 2 is 2.06 bits per heavy atom. The minimum atomic E-state index is -0.348. The molecule has 0 aliphatic heterocycles. The van der Waals surface area contributed by atoms with Gasteiger partial charge in [-0.25, -0.2) is 0 Å². The van der Waals surface area contributed by atoms with E-state index in [4.69, 9.17) is 4.74 Å². The first-order valence-corrected chi connectivity index (χ1v) is 5.96. The Kier molecular flexibility index (Phi) is 4.67.